The van der Waals surface area contributed by atoms with Gasteiger partial charge in [-0.3, -0.25) is 19.7 Å². The number of urea groups is 1. The molecule has 5 amide bonds. The highest BCUT2D eigenvalue weighted by Crippen LogP contribution is 2.27. The van der Waals surface area contributed by atoms with E-state index < -0.39 is 23.8 Å². The van der Waals surface area contributed by atoms with Gasteiger partial charge in [-0.05, 0) is 73.0 Å². The summed E-state index contributed by atoms with van der Waals surface area (Å²) in [5.74, 6) is -1.67. The minimum absolute atomic E-state index is 0.231. The van der Waals surface area contributed by atoms with Crippen molar-refractivity contribution in [2.45, 2.75) is 13.8 Å². The molecule has 1 fully saturated rings. The molecule has 1 saturated heterocycles. The fraction of sp³-hybridized carbons (Fsp3) is 0.111. The first kappa shape index (κ1) is 25.9. The first-order chi connectivity index (χ1) is 17.6. The highest BCUT2D eigenvalue weighted by molar-refractivity contribution is 6.39. The van der Waals surface area contributed by atoms with Crippen LogP contribution in [0.3, 0.4) is 0 Å². The molecule has 1 aliphatic rings. The Morgan fingerprint density at radius 1 is 0.973 bits per heavy atom. The molecule has 8 nitrogen and oxygen atoms in total. The number of nitrogens with one attached hydrogen (secondary N) is 2. The first-order valence-corrected chi connectivity index (χ1v) is 11.8. The Labute approximate surface area is 222 Å². The molecule has 1 aliphatic heterocycles. The van der Waals surface area contributed by atoms with E-state index in [0.29, 0.717) is 27.0 Å². The lowest BCUT2D eigenvalue weighted by Crippen LogP contribution is -2.54. The second-order valence-corrected chi connectivity index (χ2v) is 9.08. The van der Waals surface area contributed by atoms with Gasteiger partial charge in [0.25, 0.3) is 17.7 Å². The van der Waals surface area contributed by atoms with Crippen LogP contribution < -0.4 is 20.3 Å². The lowest BCUT2D eigenvalue weighted by molar-refractivity contribution is -0.122. The molecule has 3 aromatic carbocycles. The maximum absolute atomic E-state index is 13.1. The van der Waals surface area contributed by atoms with E-state index in [4.69, 9.17) is 27.9 Å². The molecular formula is C27H21Cl2N3O5. The first-order valence-electron chi connectivity index (χ1n) is 11.1. The zero-order chi connectivity index (χ0) is 26.7. The third kappa shape index (κ3) is 5.99. The Morgan fingerprint density at radius 2 is 1.68 bits per heavy atom. The molecule has 0 atom stereocenters. The number of anilines is 2. The quantitative estimate of drug-likeness (QED) is 0.328. The third-order valence-corrected chi connectivity index (χ3v) is 6.32. The predicted octanol–water partition coefficient (Wildman–Crippen LogP) is 5.29. The standard InChI is InChI=1S/C27H21Cl2N3O5/c1-15-6-8-18(12-22(15)28)30-24(33)14-37-20-5-3-4-17(10-20)11-21-25(34)31-27(36)32(26(21)35)19-9-7-16(2)23(29)13-19/h3-13H,14H2,1-2H3,(H,30,33)(H,31,34,36)/b21-11+. The van der Waals surface area contributed by atoms with Crippen LogP contribution in [0.1, 0.15) is 16.7 Å². The third-order valence-electron chi connectivity index (χ3n) is 5.51. The predicted molar refractivity (Wildman–Crippen MR) is 142 cm³/mol. The molecule has 0 aliphatic carbocycles. The maximum Gasteiger partial charge on any atom is 0.335 e. The molecule has 188 valence electrons. The molecule has 10 heteroatoms. The summed E-state index contributed by atoms with van der Waals surface area (Å²) in [6, 6.07) is 15.5. The average Bonchev–Trinajstić information content (AvgIpc) is 2.85. The second kappa shape index (κ2) is 10.9. The monoisotopic (exact) mass is 537 g/mol. The van der Waals surface area contributed by atoms with Crippen LogP contribution in [-0.4, -0.2) is 30.4 Å². The number of ether oxygens (including phenoxy) is 1. The van der Waals surface area contributed by atoms with Crippen molar-refractivity contribution in [2.24, 2.45) is 0 Å². The lowest BCUT2D eigenvalue weighted by atomic mass is 10.1. The summed E-state index contributed by atoms with van der Waals surface area (Å²) in [5, 5.41) is 5.78. The van der Waals surface area contributed by atoms with Gasteiger partial charge in [-0.15, -0.1) is 0 Å². The Morgan fingerprint density at radius 3 is 2.38 bits per heavy atom. The van der Waals surface area contributed by atoms with Gasteiger partial charge < -0.3 is 10.1 Å². The molecule has 1 heterocycles. The van der Waals surface area contributed by atoms with Crippen molar-refractivity contribution in [3.8, 4) is 5.75 Å². The average molecular weight is 538 g/mol. The van der Waals surface area contributed by atoms with Gasteiger partial charge in [0, 0.05) is 15.7 Å². The van der Waals surface area contributed by atoms with Gasteiger partial charge in [-0.25, -0.2) is 9.69 Å². The van der Waals surface area contributed by atoms with Gasteiger partial charge in [0.05, 0.1) is 5.69 Å². The summed E-state index contributed by atoms with van der Waals surface area (Å²) in [7, 11) is 0. The zero-order valence-corrected chi connectivity index (χ0v) is 21.3. The van der Waals surface area contributed by atoms with E-state index in [1.807, 2.05) is 6.92 Å². The van der Waals surface area contributed by atoms with Crippen LogP contribution in [0, 0.1) is 13.8 Å². The number of imide groups is 2. The summed E-state index contributed by atoms with van der Waals surface area (Å²) in [6.45, 7) is 3.37. The lowest BCUT2D eigenvalue weighted by Gasteiger charge is -2.26. The number of hydrogen-bond donors (Lipinski definition) is 2. The van der Waals surface area contributed by atoms with Crippen LogP contribution in [0.4, 0.5) is 16.2 Å². The van der Waals surface area contributed by atoms with E-state index in [1.54, 1.807) is 61.5 Å². The molecule has 0 spiro atoms. The molecule has 0 unspecified atom stereocenters. The molecule has 4 rings (SSSR count). The number of nitrogens with zero attached hydrogens (tertiary/aromatic N) is 1. The number of amides is 5. The van der Waals surface area contributed by atoms with E-state index in [9.17, 15) is 19.2 Å². The van der Waals surface area contributed by atoms with Gasteiger partial charge in [-0.2, -0.15) is 0 Å². The van der Waals surface area contributed by atoms with E-state index in [0.717, 1.165) is 16.0 Å². The van der Waals surface area contributed by atoms with Crippen LogP contribution >= 0.6 is 23.2 Å². The van der Waals surface area contributed by atoms with Crippen LogP contribution in [0.25, 0.3) is 6.08 Å². The van der Waals surface area contributed by atoms with Crippen LogP contribution in [0.2, 0.25) is 10.0 Å². The number of hydrogen-bond acceptors (Lipinski definition) is 5. The summed E-state index contributed by atoms with van der Waals surface area (Å²) in [6.07, 6.45) is 1.34. The molecule has 0 radical (unpaired) electrons. The molecular weight excluding hydrogens is 517 g/mol. The number of benzene rings is 3. The van der Waals surface area contributed by atoms with Crippen molar-refractivity contribution >= 4 is 64.4 Å². The number of barbiturate groups is 1. The Bertz CT molecular complexity index is 1470. The number of carbonyl (C=O) groups excluding carboxylic acids is 4. The number of aryl methyl sites for hydroxylation is 2. The van der Waals surface area contributed by atoms with Crippen LogP contribution in [-0.2, 0) is 14.4 Å². The Balaban J connectivity index is 1.49. The minimum Gasteiger partial charge on any atom is -0.484 e. The molecule has 2 N–H and O–H groups in total. The number of rotatable bonds is 6. The second-order valence-electron chi connectivity index (χ2n) is 8.26. The molecule has 3 aromatic rings. The summed E-state index contributed by atoms with van der Waals surface area (Å²) in [5.41, 5.74) is 2.64. The van der Waals surface area contributed by atoms with Crippen LogP contribution in [0.5, 0.6) is 5.75 Å². The van der Waals surface area contributed by atoms with Gasteiger partial charge in [0.2, 0.25) is 0 Å². The van der Waals surface area contributed by atoms with Crippen molar-refractivity contribution in [2.75, 3.05) is 16.8 Å². The van der Waals surface area contributed by atoms with Gasteiger partial charge >= 0.3 is 6.03 Å². The topological polar surface area (TPSA) is 105 Å². The Kier molecular flexibility index (Phi) is 7.61. The molecule has 37 heavy (non-hydrogen) atoms. The van der Waals surface area contributed by atoms with E-state index >= 15 is 0 Å². The Hall–Kier alpha value is -4.14. The summed E-state index contributed by atoms with van der Waals surface area (Å²) in [4.78, 5) is 51.1. The number of halogens is 2. The minimum atomic E-state index is -0.870. The van der Waals surface area contributed by atoms with E-state index in [-0.39, 0.29) is 17.9 Å². The summed E-state index contributed by atoms with van der Waals surface area (Å²) < 4.78 is 5.57. The maximum atomic E-state index is 13.1. The molecule has 0 saturated carbocycles. The SMILES string of the molecule is Cc1ccc(NC(=O)COc2cccc(/C=C3\C(=O)NC(=O)N(c4ccc(C)c(Cl)c4)C3=O)c2)cc1Cl. The van der Waals surface area contributed by atoms with E-state index in [2.05, 4.69) is 10.6 Å². The van der Waals surface area contributed by atoms with E-state index in [1.165, 1.54) is 12.1 Å². The number of carbonyl (C=O) groups is 4. The molecule has 0 aromatic heterocycles. The fourth-order valence-corrected chi connectivity index (χ4v) is 3.85. The summed E-state index contributed by atoms with van der Waals surface area (Å²) >= 11 is 12.2. The zero-order valence-electron chi connectivity index (χ0n) is 19.8. The van der Waals surface area contributed by atoms with Crippen molar-refractivity contribution in [3.63, 3.8) is 0 Å². The normalized spacial score (nSPS) is 14.5. The smallest absolute Gasteiger partial charge is 0.335 e. The largest absolute Gasteiger partial charge is 0.484 e. The van der Waals surface area contributed by atoms with Crippen molar-refractivity contribution in [1.29, 1.82) is 0 Å². The van der Waals surface area contributed by atoms with Gasteiger partial charge in [0.1, 0.15) is 11.3 Å². The highest BCUT2D eigenvalue weighted by Gasteiger charge is 2.37. The van der Waals surface area contributed by atoms with Crippen molar-refractivity contribution < 1.29 is 23.9 Å². The highest BCUT2D eigenvalue weighted by atomic mass is 35.5. The molecule has 0 bridgehead atoms. The van der Waals surface area contributed by atoms with Crippen LogP contribution in [0.15, 0.2) is 66.2 Å². The van der Waals surface area contributed by atoms with Gasteiger partial charge in [0.15, 0.2) is 6.61 Å². The fourth-order valence-electron chi connectivity index (χ4n) is 3.49. The van der Waals surface area contributed by atoms with Crippen molar-refractivity contribution in [1.82, 2.24) is 5.32 Å². The van der Waals surface area contributed by atoms with Gasteiger partial charge in [-0.1, -0.05) is 47.5 Å². The van der Waals surface area contributed by atoms with Crippen molar-refractivity contribution in [3.05, 3.63) is 93.0 Å².